The van der Waals surface area contributed by atoms with E-state index in [4.69, 9.17) is 9.47 Å². The minimum Gasteiger partial charge on any atom is -0.622 e. The highest BCUT2D eigenvalue weighted by atomic mass is 32.1. The molecule has 0 saturated carbocycles. The lowest BCUT2D eigenvalue weighted by atomic mass is 9.78. The Morgan fingerprint density at radius 1 is 1.44 bits per heavy atom. The summed E-state index contributed by atoms with van der Waals surface area (Å²) < 4.78 is 9.69. The Hall–Kier alpha value is -1.39. The number of methoxy groups -OCH3 is 1. The molecule has 25 heavy (non-hydrogen) atoms. The number of Topliss-reactive ketones (excluding diaryl/α,β-unsaturated/α-hetero) is 1. The second-order valence-corrected chi connectivity index (χ2v) is 8.51. The van der Waals surface area contributed by atoms with Crippen LogP contribution in [0.25, 0.3) is 0 Å². The molecule has 1 aliphatic heterocycles. The van der Waals surface area contributed by atoms with Gasteiger partial charge >= 0.3 is 5.97 Å². The number of carbonyl (C=O) groups excluding carboxylic acids is 2. The quantitative estimate of drug-likeness (QED) is 0.456. The van der Waals surface area contributed by atoms with E-state index >= 15 is 0 Å². The first kappa shape index (κ1) is 18.4. The predicted molar refractivity (Wildman–Crippen MR) is 92.7 cm³/mol. The Bertz CT molecular complexity index is 719. The summed E-state index contributed by atoms with van der Waals surface area (Å²) in [6.07, 6.45) is -0.668. The van der Waals surface area contributed by atoms with Crippen molar-refractivity contribution in [3.63, 3.8) is 0 Å². The van der Waals surface area contributed by atoms with Gasteiger partial charge < -0.3 is 14.7 Å². The number of carbonyl (C=O) groups is 2. The third-order valence-electron chi connectivity index (χ3n) is 4.60. The molecule has 0 amide bonds. The molecule has 0 N–H and O–H groups in total. The topological polar surface area (TPSA) is 91.8 Å². The van der Waals surface area contributed by atoms with Crippen molar-refractivity contribution in [2.24, 2.45) is 5.41 Å². The van der Waals surface area contributed by atoms with Crippen LogP contribution in [0.2, 0.25) is 0 Å². The summed E-state index contributed by atoms with van der Waals surface area (Å²) in [7, 11) is 3.19. The fraction of sp³-hybridized carbons (Fsp3) is 0.688. The van der Waals surface area contributed by atoms with Crippen molar-refractivity contribution < 1.29 is 19.1 Å². The van der Waals surface area contributed by atoms with Crippen LogP contribution in [0, 0.1) is 10.6 Å². The van der Waals surface area contributed by atoms with Gasteiger partial charge in [0.2, 0.25) is 6.23 Å². The van der Waals surface area contributed by atoms with Crippen molar-refractivity contribution in [1.82, 2.24) is 14.5 Å². The molecule has 9 heteroatoms. The van der Waals surface area contributed by atoms with E-state index in [9.17, 15) is 14.8 Å². The molecular weight excluding hydrogens is 346 g/mol. The summed E-state index contributed by atoms with van der Waals surface area (Å²) in [6, 6.07) is 0. The van der Waals surface area contributed by atoms with Gasteiger partial charge in [0.05, 0.1) is 10.6 Å². The molecule has 2 heterocycles. The Labute approximate surface area is 150 Å². The number of ketones is 1. The van der Waals surface area contributed by atoms with E-state index in [0.29, 0.717) is 23.4 Å². The molecule has 3 unspecified atom stereocenters. The number of likely N-dealkylation sites (N-methyl/N-ethyl adjacent to an activating group) is 1. The molecule has 1 aromatic rings. The molecule has 8 nitrogen and oxygen atoms in total. The van der Waals surface area contributed by atoms with Crippen molar-refractivity contribution in [3.8, 4) is 0 Å². The lowest BCUT2D eigenvalue weighted by molar-refractivity contribution is -0.163. The molecule has 0 radical (unpaired) electrons. The van der Waals surface area contributed by atoms with Gasteiger partial charge in [0.1, 0.15) is 6.67 Å². The summed E-state index contributed by atoms with van der Waals surface area (Å²) in [6.45, 7) is 5.32. The van der Waals surface area contributed by atoms with E-state index in [1.54, 1.807) is 11.9 Å². The van der Waals surface area contributed by atoms with Gasteiger partial charge in [0, 0.05) is 20.5 Å². The molecule has 0 aromatic carbocycles. The van der Waals surface area contributed by atoms with Gasteiger partial charge in [-0.1, -0.05) is 25.2 Å². The third-order valence-corrected chi connectivity index (χ3v) is 5.85. The fourth-order valence-corrected chi connectivity index (χ4v) is 4.64. The van der Waals surface area contributed by atoms with Gasteiger partial charge in [-0.2, -0.15) is 4.98 Å². The molecule has 2 aliphatic rings. The Kier molecular flexibility index (Phi) is 4.49. The number of nitrogens with zero attached hydrogens (tertiary/aromatic N) is 3. The monoisotopic (exact) mass is 369 g/mol. The molecule has 1 aliphatic carbocycles. The van der Waals surface area contributed by atoms with Crippen LogP contribution in [0.1, 0.15) is 42.6 Å². The standard InChI is InChI=1S/C16H23N3O5S/c1-9(20)24-14-13(23-5)18(4)8-19(14,22)15-17-10-6-16(2,3)7-11(21)12(10)25-15/h13-14H,6-8H2,1-5H3. The van der Waals surface area contributed by atoms with Crippen LogP contribution in [-0.2, 0) is 20.7 Å². The number of ether oxygens (including phenoxy) is 2. The summed E-state index contributed by atoms with van der Waals surface area (Å²) in [5, 5.41) is 13.8. The molecular formula is C16H23N3O5S. The number of hydroxylamine groups is 2. The van der Waals surface area contributed by atoms with Gasteiger partial charge in [-0.25, -0.2) is 4.90 Å². The number of fused-ring (bicyclic) bond motifs is 1. The van der Waals surface area contributed by atoms with Crippen molar-refractivity contribution >= 4 is 28.2 Å². The molecule has 0 bridgehead atoms. The van der Waals surface area contributed by atoms with Crippen LogP contribution in [-0.4, -0.2) is 54.9 Å². The van der Waals surface area contributed by atoms with E-state index in [2.05, 4.69) is 4.98 Å². The lowest BCUT2D eigenvalue weighted by Crippen LogP contribution is -2.52. The summed E-state index contributed by atoms with van der Waals surface area (Å²) in [5.41, 5.74) is 0.495. The number of esters is 1. The average molecular weight is 369 g/mol. The number of hydrogen-bond donors (Lipinski definition) is 0. The van der Waals surface area contributed by atoms with E-state index in [1.807, 2.05) is 13.8 Å². The summed E-state index contributed by atoms with van der Waals surface area (Å²) >= 11 is 1.11. The van der Waals surface area contributed by atoms with Gasteiger partial charge in [-0.3, -0.25) is 14.2 Å². The van der Waals surface area contributed by atoms with Crippen molar-refractivity contribution in [2.75, 3.05) is 20.8 Å². The zero-order chi connectivity index (χ0) is 18.6. The largest absolute Gasteiger partial charge is 0.622 e. The maximum Gasteiger partial charge on any atom is 0.307 e. The van der Waals surface area contributed by atoms with E-state index < -0.39 is 23.1 Å². The SMILES string of the molecule is COC1C(OC(C)=O)[N+]([O-])(c2nc3c(s2)C(=O)CC(C)(C)C3)CN1C. The van der Waals surface area contributed by atoms with Crippen LogP contribution in [0.15, 0.2) is 0 Å². The van der Waals surface area contributed by atoms with Crippen LogP contribution < -0.4 is 4.65 Å². The van der Waals surface area contributed by atoms with Gasteiger partial charge in [-0.15, -0.1) is 0 Å². The molecule has 138 valence electrons. The molecule has 1 fully saturated rings. The maximum atomic E-state index is 13.6. The highest BCUT2D eigenvalue weighted by Gasteiger charge is 2.53. The first-order chi connectivity index (χ1) is 11.6. The Morgan fingerprint density at radius 2 is 2.12 bits per heavy atom. The summed E-state index contributed by atoms with van der Waals surface area (Å²) in [4.78, 5) is 30.7. The van der Waals surface area contributed by atoms with E-state index in [-0.39, 0.29) is 23.0 Å². The summed E-state index contributed by atoms with van der Waals surface area (Å²) in [5.74, 6) is -0.541. The zero-order valence-corrected chi connectivity index (χ0v) is 15.9. The third kappa shape index (κ3) is 3.11. The molecule has 1 saturated heterocycles. The van der Waals surface area contributed by atoms with Crippen LogP contribution in [0.3, 0.4) is 0 Å². The van der Waals surface area contributed by atoms with Crippen LogP contribution in [0.4, 0.5) is 5.13 Å². The highest BCUT2D eigenvalue weighted by molar-refractivity contribution is 7.17. The first-order valence-corrected chi connectivity index (χ1v) is 8.91. The molecule has 0 spiro atoms. The average Bonchev–Trinajstić information content (AvgIpc) is 2.98. The lowest BCUT2D eigenvalue weighted by Gasteiger charge is -2.38. The van der Waals surface area contributed by atoms with Crippen molar-refractivity contribution in [1.29, 1.82) is 0 Å². The minimum absolute atomic E-state index is 0.0153. The number of thiazole rings is 1. The second-order valence-electron chi connectivity index (χ2n) is 7.53. The number of quaternary nitrogens is 1. The number of aromatic nitrogens is 1. The number of hydrogen-bond acceptors (Lipinski definition) is 8. The minimum atomic E-state index is -1.08. The Morgan fingerprint density at radius 3 is 2.72 bits per heavy atom. The molecule has 3 atom stereocenters. The normalized spacial score (nSPS) is 31.8. The predicted octanol–water partition coefficient (Wildman–Crippen LogP) is 1.87. The van der Waals surface area contributed by atoms with Crippen molar-refractivity contribution in [2.45, 2.75) is 46.1 Å². The van der Waals surface area contributed by atoms with Gasteiger partial charge in [-0.05, 0) is 18.9 Å². The number of rotatable bonds is 3. The fourth-order valence-electron chi connectivity index (χ4n) is 3.56. The smallest absolute Gasteiger partial charge is 0.307 e. The van der Waals surface area contributed by atoms with Crippen molar-refractivity contribution in [3.05, 3.63) is 15.8 Å². The highest BCUT2D eigenvalue weighted by Crippen LogP contribution is 2.43. The van der Waals surface area contributed by atoms with Gasteiger partial charge in [0.25, 0.3) is 11.4 Å². The Balaban J connectivity index is 2.02. The van der Waals surface area contributed by atoms with Crippen LogP contribution in [0.5, 0.6) is 0 Å². The molecule has 1 aromatic heterocycles. The van der Waals surface area contributed by atoms with Gasteiger partial charge in [0.15, 0.2) is 5.78 Å². The maximum absolute atomic E-state index is 13.6. The molecule has 3 rings (SSSR count). The first-order valence-electron chi connectivity index (χ1n) is 8.10. The zero-order valence-electron chi connectivity index (χ0n) is 15.1. The second kappa shape index (κ2) is 6.10. The van der Waals surface area contributed by atoms with Crippen LogP contribution >= 0.6 is 11.3 Å². The van der Waals surface area contributed by atoms with E-state index in [1.165, 1.54) is 14.0 Å². The van der Waals surface area contributed by atoms with E-state index in [0.717, 1.165) is 11.3 Å².